The molecule has 1 aromatic carbocycles. The Bertz CT molecular complexity index is 316. The van der Waals surface area contributed by atoms with Crippen LogP contribution in [0, 0.1) is 5.82 Å². The number of hydrogen-bond donors (Lipinski definition) is 0. The second-order valence-corrected chi connectivity index (χ2v) is 4.25. The fourth-order valence-corrected chi connectivity index (χ4v) is 1.87. The van der Waals surface area contributed by atoms with Crippen LogP contribution < -0.4 is 0 Å². The molecule has 0 fully saturated rings. The van der Waals surface area contributed by atoms with E-state index in [2.05, 4.69) is 15.9 Å². The Morgan fingerprint density at radius 1 is 1.40 bits per heavy atom. The summed E-state index contributed by atoms with van der Waals surface area (Å²) < 4.78 is 19.3. The Kier molecular flexibility index (Phi) is 4.74. The highest BCUT2D eigenvalue weighted by atomic mass is 79.9. The summed E-state index contributed by atoms with van der Waals surface area (Å²) in [6.45, 7) is 4.57. The smallest absolute Gasteiger partial charge is 0.129 e. The number of ether oxygens (including phenoxy) is 1. The van der Waals surface area contributed by atoms with Gasteiger partial charge in [-0.3, -0.25) is 0 Å². The highest BCUT2D eigenvalue weighted by molar-refractivity contribution is 9.09. The van der Waals surface area contributed by atoms with Gasteiger partial charge in [-0.05, 0) is 19.4 Å². The first kappa shape index (κ1) is 12.7. The molecule has 0 radical (unpaired) electrons. The summed E-state index contributed by atoms with van der Waals surface area (Å²) in [7, 11) is 0. The van der Waals surface area contributed by atoms with Crippen molar-refractivity contribution in [3.05, 3.63) is 35.6 Å². The molecule has 0 bridgehead atoms. The van der Waals surface area contributed by atoms with Gasteiger partial charge in [0.2, 0.25) is 0 Å². The zero-order valence-corrected chi connectivity index (χ0v) is 10.7. The summed E-state index contributed by atoms with van der Waals surface area (Å²) in [6.07, 6.45) is 0.928. The normalized spacial score (nSPS) is 14.9. The number of alkyl halides is 1. The first-order chi connectivity index (χ1) is 7.14. The van der Waals surface area contributed by atoms with E-state index in [4.69, 9.17) is 4.74 Å². The molecule has 0 aromatic heterocycles. The van der Waals surface area contributed by atoms with Crippen molar-refractivity contribution in [1.82, 2.24) is 0 Å². The highest BCUT2D eigenvalue weighted by Crippen LogP contribution is 2.29. The molecule has 0 spiro atoms. The van der Waals surface area contributed by atoms with Gasteiger partial charge in [0.15, 0.2) is 0 Å². The predicted octanol–water partition coefficient (Wildman–Crippen LogP) is 3.86. The SMILES string of the molecule is CCCOC(C)(CBr)c1ccccc1F. The largest absolute Gasteiger partial charge is 0.370 e. The maximum Gasteiger partial charge on any atom is 0.129 e. The molecule has 0 heterocycles. The Hall–Kier alpha value is -0.410. The molecule has 0 aliphatic carbocycles. The van der Waals surface area contributed by atoms with Gasteiger partial charge in [-0.25, -0.2) is 4.39 Å². The minimum atomic E-state index is -0.582. The summed E-state index contributed by atoms with van der Waals surface area (Å²) in [5, 5.41) is 0.584. The third kappa shape index (κ3) is 3.02. The first-order valence-corrected chi connectivity index (χ1v) is 6.21. The van der Waals surface area contributed by atoms with E-state index in [-0.39, 0.29) is 5.82 Å². The lowest BCUT2D eigenvalue weighted by Gasteiger charge is -2.28. The van der Waals surface area contributed by atoms with Crippen molar-refractivity contribution < 1.29 is 9.13 Å². The average Bonchev–Trinajstić information content (AvgIpc) is 2.26. The molecule has 0 saturated carbocycles. The van der Waals surface area contributed by atoms with Crippen molar-refractivity contribution in [3.63, 3.8) is 0 Å². The zero-order chi connectivity index (χ0) is 11.3. The van der Waals surface area contributed by atoms with Gasteiger partial charge < -0.3 is 4.74 Å². The van der Waals surface area contributed by atoms with Crippen molar-refractivity contribution >= 4 is 15.9 Å². The van der Waals surface area contributed by atoms with Crippen molar-refractivity contribution in [2.24, 2.45) is 0 Å². The third-order valence-electron chi connectivity index (χ3n) is 2.32. The van der Waals surface area contributed by atoms with Gasteiger partial charge in [0.25, 0.3) is 0 Å². The zero-order valence-electron chi connectivity index (χ0n) is 9.09. The van der Waals surface area contributed by atoms with Gasteiger partial charge >= 0.3 is 0 Å². The van der Waals surface area contributed by atoms with E-state index >= 15 is 0 Å². The Balaban J connectivity index is 2.95. The van der Waals surface area contributed by atoms with Crippen LogP contribution in [0.15, 0.2) is 24.3 Å². The van der Waals surface area contributed by atoms with Crippen molar-refractivity contribution in [3.8, 4) is 0 Å². The Labute approximate surface area is 98.8 Å². The highest BCUT2D eigenvalue weighted by Gasteiger charge is 2.28. The average molecular weight is 275 g/mol. The summed E-state index contributed by atoms with van der Waals surface area (Å²) in [4.78, 5) is 0. The molecule has 1 rings (SSSR count). The molecule has 1 unspecified atom stereocenters. The lowest BCUT2D eigenvalue weighted by Crippen LogP contribution is -2.29. The molecule has 0 amide bonds. The molecule has 0 saturated heterocycles. The molecule has 0 aliphatic rings. The standard InChI is InChI=1S/C12H16BrFO/c1-3-8-15-12(2,9-13)10-6-4-5-7-11(10)14/h4-7H,3,8-9H2,1-2H3. The van der Waals surface area contributed by atoms with E-state index in [0.29, 0.717) is 17.5 Å². The summed E-state index contributed by atoms with van der Waals surface area (Å²) in [5.74, 6) is -0.212. The molecular weight excluding hydrogens is 259 g/mol. The van der Waals surface area contributed by atoms with Gasteiger partial charge in [0.1, 0.15) is 11.4 Å². The topological polar surface area (TPSA) is 9.23 Å². The maximum atomic E-state index is 13.6. The summed E-state index contributed by atoms with van der Waals surface area (Å²) in [6, 6.07) is 6.75. The predicted molar refractivity (Wildman–Crippen MR) is 63.8 cm³/mol. The van der Waals surface area contributed by atoms with Crippen LogP contribution >= 0.6 is 15.9 Å². The minimum Gasteiger partial charge on any atom is -0.370 e. The molecule has 3 heteroatoms. The molecule has 0 N–H and O–H groups in total. The molecule has 1 nitrogen and oxygen atoms in total. The molecule has 0 aliphatic heterocycles. The van der Waals surface area contributed by atoms with E-state index in [0.717, 1.165) is 6.42 Å². The number of halogens is 2. The van der Waals surface area contributed by atoms with Crippen LogP contribution in [0.4, 0.5) is 4.39 Å². The van der Waals surface area contributed by atoms with E-state index in [1.165, 1.54) is 6.07 Å². The van der Waals surface area contributed by atoms with Crippen LogP contribution in [0.1, 0.15) is 25.8 Å². The summed E-state index contributed by atoms with van der Waals surface area (Å²) >= 11 is 3.38. The maximum absolute atomic E-state index is 13.6. The van der Waals surface area contributed by atoms with Crippen LogP contribution in [0.2, 0.25) is 0 Å². The van der Waals surface area contributed by atoms with Crippen molar-refractivity contribution in [2.75, 3.05) is 11.9 Å². The van der Waals surface area contributed by atoms with Gasteiger partial charge in [0.05, 0.1) is 0 Å². The van der Waals surface area contributed by atoms with Crippen LogP contribution in [0.3, 0.4) is 0 Å². The molecule has 1 aromatic rings. The second-order valence-electron chi connectivity index (χ2n) is 3.69. The quantitative estimate of drug-likeness (QED) is 0.741. The van der Waals surface area contributed by atoms with E-state index in [1.807, 2.05) is 19.9 Å². The van der Waals surface area contributed by atoms with E-state index < -0.39 is 5.60 Å². The van der Waals surface area contributed by atoms with Crippen LogP contribution in [0.5, 0.6) is 0 Å². The number of benzene rings is 1. The van der Waals surface area contributed by atoms with Crippen molar-refractivity contribution in [1.29, 1.82) is 0 Å². The number of rotatable bonds is 5. The lowest BCUT2D eigenvalue weighted by molar-refractivity contribution is -0.0187. The lowest BCUT2D eigenvalue weighted by atomic mass is 9.97. The van der Waals surface area contributed by atoms with Gasteiger partial charge in [-0.1, -0.05) is 41.1 Å². The van der Waals surface area contributed by atoms with Gasteiger partial charge in [0, 0.05) is 17.5 Å². The fraction of sp³-hybridized carbons (Fsp3) is 0.500. The minimum absolute atomic E-state index is 0.212. The van der Waals surface area contributed by atoms with Crippen LogP contribution in [-0.4, -0.2) is 11.9 Å². The number of hydrogen-bond acceptors (Lipinski definition) is 1. The Morgan fingerprint density at radius 2 is 2.07 bits per heavy atom. The van der Waals surface area contributed by atoms with Crippen LogP contribution in [-0.2, 0) is 10.3 Å². The van der Waals surface area contributed by atoms with Crippen molar-refractivity contribution in [2.45, 2.75) is 25.9 Å². The fourth-order valence-electron chi connectivity index (χ4n) is 1.41. The van der Waals surface area contributed by atoms with Crippen LogP contribution in [0.25, 0.3) is 0 Å². The van der Waals surface area contributed by atoms with Gasteiger partial charge in [-0.15, -0.1) is 0 Å². The second kappa shape index (κ2) is 5.61. The van der Waals surface area contributed by atoms with E-state index in [1.54, 1.807) is 12.1 Å². The first-order valence-electron chi connectivity index (χ1n) is 5.09. The van der Waals surface area contributed by atoms with Gasteiger partial charge in [-0.2, -0.15) is 0 Å². The monoisotopic (exact) mass is 274 g/mol. The molecule has 15 heavy (non-hydrogen) atoms. The molecule has 84 valence electrons. The molecule has 1 atom stereocenters. The van der Waals surface area contributed by atoms with E-state index in [9.17, 15) is 4.39 Å². The third-order valence-corrected chi connectivity index (χ3v) is 3.39. The Morgan fingerprint density at radius 3 is 2.60 bits per heavy atom. The molecular formula is C12H16BrFO. The summed E-state index contributed by atoms with van der Waals surface area (Å²) in [5.41, 5.74) is 0.0248.